The average Bonchev–Trinajstić information content (AvgIpc) is 2.60. The third-order valence-corrected chi connectivity index (χ3v) is 5.37. The average molecular weight is 325 g/mol. The van der Waals surface area contributed by atoms with Crippen molar-refractivity contribution in [1.82, 2.24) is 20.4 Å². The number of piperazine rings is 1. The maximum absolute atomic E-state index is 12.0. The summed E-state index contributed by atoms with van der Waals surface area (Å²) in [7, 11) is 0. The first-order chi connectivity index (χ1) is 11.2. The summed E-state index contributed by atoms with van der Waals surface area (Å²) >= 11 is 0. The van der Waals surface area contributed by atoms with E-state index in [1.807, 2.05) is 0 Å². The minimum absolute atomic E-state index is 0.242. The van der Waals surface area contributed by atoms with Crippen LogP contribution in [0.3, 0.4) is 0 Å². The quantitative estimate of drug-likeness (QED) is 0.703. The fourth-order valence-electron chi connectivity index (χ4n) is 3.68. The van der Waals surface area contributed by atoms with Gasteiger partial charge in [0.05, 0.1) is 0 Å². The standard InChI is InChI=1S/C18H36N4O/c1-3-21-10-12-22(13-11-21)15-16(2)14-20-18(23)5-4-17-6-8-19-9-7-17/h16-17,19H,3-15H2,1-2H3,(H,20,23). The maximum atomic E-state index is 12.0. The van der Waals surface area contributed by atoms with Crippen LogP contribution in [0.1, 0.15) is 39.5 Å². The number of hydrogen-bond acceptors (Lipinski definition) is 4. The molecule has 2 saturated heterocycles. The Labute approximate surface area is 142 Å². The molecule has 2 heterocycles. The molecule has 0 aliphatic carbocycles. The second kappa shape index (κ2) is 10.3. The van der Waals surface area contributed by atoms with Gasteiger partial charge in [-0.25, -0.2) is 0 Å². The van der Waals surface area contributed by atoms with E-state index in [4.69, 9.17) is 0 Å². The van der Waals surface area contributed by atoms with Crippen molar-refractivity contribution in [2.75, 3.05) is 58.9 Å². The Kier molecular flexibility index (Phi) is 8.34. The summed E-state index contributed by atoms with van der Waals surface area (Å²) in [6.45, 7) is 14.5. The van der Waals surface area contributed by atoms with Crippen LogP contribution >= 0.6 is 0 Å². The lowest BCUT2D eigenvalue weighted by atomic mass is 9.93. The number of nitrogens with zero attached hydrogens (tertiary/aromatic N) is 2. The molecule has 0 spiro atoms. The number of carbonyl (C=O) groups excluding carboxylic acids is 1. The predicted molar refractivity (Wildman–Crippen MR) is 95.6 cm³/mol. The van der Waals surface area contributed by atoms with Gasteiger partial charge in [-0.2, -0.15) is 0 Å². The van der Waals surface area contributed by atoms with E-state index in [9.17, 15) is 4.79 Å². The van der Waals surface area contributed by atoms with Crippen LogP contribution in [0.4, 0.5) is 0 Å². The molecule has 0 aromatic carbocycles. The molecule has 2 fully saturated rings. The lowest BCUT2D eigenvalue weighted by Gasteiger charge is -2.35. The molecule has 2 rings (SSSR count). The summed E-state index contributed by atoms with van der Waals surface area (Å²) in [4.78, 5) is 17.1. The highest BCUT2D eigenvalue weighted by atomic mass is 16.1. The number of nitrogens with one attached hydrogen (secondary N) is 2. The van der Waals surface area contributed by atoms with E-state index in [-0.39, 0.29) is 5.91 Å². The largest absolute Gasteiger partial charge is 0.356 e. The summed E-state index contributed by atoms with van der Waals surface area (Å²) < 4.78 is 0. The number of likely N-dealkylation sites (N-methyl/N-ethyl adjacent to an activating group) is 1. The molecule has 0 aromatic rings. The summed E-state index contributed by atoms with van der Waals surface area (Å²) in [6.07, 6.45) is 4.22. The lowest BCUT2D eigenvalue weighted by Crippen LogP contribution is -2.48. The van der Waals surface area contributed by atoms with Crippen LogP contribution in [0.15, 0.2) is 0 Å². The Morgan fingerprint density at radius 1 is 1.17 bits per heavy atom. The van der Waals surface area contributed by atoms with Gasteiger partial charge >= 0.3 is 0 Å². The normalized spacial score (nSPS) is 22.9. The minimum atomic E-state index is 0.242. The second-order valence-corrected chi connectivity index (χ2v) is 7.38. The Bertz CT molecular complexity index is 336. The van der Waals surface area contributed by atoms with Gasteiger partial charge in [-0.3, -0.25) is 4.79 Å². The lowest BCUT2D eigenvalue weighted by molar-refractivity contribution is -0.121. The van der Waals surface area contributed by atoms with E-state index in [0.29, 0.717) is 12.3 Å². The molecule has 23 heavy (non-hydrogen) atoms. The van der Waals surface area contributed by atoms with Crippen molar-refractivity contribution >= 4 is 5.91 Å². The number of amides is 1. The molecule has 1 unspecified atom stereocenters. The summed E-state index contributed by atoms with van der Waals surface area (Å²) in [5.41, 5.74) is 0. The Hall–Kier alpha value is -0.650. The van der Waals surface area contributed by atoms with E-state index in [2.05, 4.69) is 34.3 Å². The maximum Gasteiger partial charge on any atom is 0.220 e. The van der Waals surface area contributed by atoms with Gasteiger partial charge in [-0.15, -0.1) is 0 Å². The fourth-order valence-corrected chi connectivity index (χ4v) is 3.68. The smallest absolute Gasteiger partial charge is 0.220 e. The number of piperidine rings is 1. The van der Waals surface area contributed by atoms with Crippen molar-refractivity contribution in [3.8, 4) is 0 Å². The molecular weight excluding hydrogens is 288 g/mol. The van der Waals surface area contributed by atoms with Crippen LogP contribution < -0.4 is 10.6 Å². The first-order valence-electron chi connectivity index (χ1n) is 9.59. The molecule has 2 aliphatic rings. The third kappa shape index (κ3) is 7.19. The molecule has 0 aromatic heterocycles. The van der Waals surface area contributed by atoms with E-state index in [0.717, 1.165) is 45.1 Å². The zero-order valence-corrected chi connectivity index (χ0v) is 15.1. The fraction of sp³-hybridized carbons (Fsp3) is 0.944. The molecule has 0 bridgehead atoms. The van der Waals surface area contributed by atoms with E-state index >= 15 is 0 Å². The van der Waals surface area contributed by atoms with Crippen LogP contribution in [0.25, 0.3) is 0 Å². The first-order valence-corrected chi connectivity index (χ1v) is 9.59. The van der Waals surface area contributed by atoms with Gasteiger partial charge in [0.1, 0.15) is 0 Å². The van der Waals surface area contributed by atoms with Crippen LogP contribution in [0.5, 0.6) is 0 Å². The summed E-state index contributed by atoms with van der Waals surface area (Å²) in [5.74, 6) is 1.52. The molecule has 2 aliphatic heterocycles. The van der Waals surface area contributed by atoms with Gasteiger partial charge in [0.2, 0.25) is 5.91 Å². The molecule has 5 nitrogen and oxygen atoms in total. The molecule has 1 amide bonds. The van der Waals surface area contributed by atoms with Gasteiger partial charge in [-0.05, 0) is 50.7 Å². The molecule has 1 atom stereocenters. The van der Waals surface area contributed by atoms with Crippen LogP contribution in [0, 0.1) is 11.8 Å². The molecule has 5 heteroatoms. The van der Waals surface area contributed by atoms with E-state index in [1.165, 1.54) is 39.0 Å². The topological polar surface area (TPSA) is 47.6 Å². The van der Waals surface area contributed by atoms with Gasteiger partial charge in [0, 0.05) is 45.7 Å². The van der Waals surface area contributed by atoms with Gasteiger partial charge in [-0.1, -0.05) is 13.8 Å². The second-order valence-electron chi connectivity index (χ2n) is 7.38. The predicted octanol–water partition coefficient (Wildman–Crippen LogP) is 1.16. The number of hydrogen-bond donors (Lipinski definition) is 2. The van der Waals surface area contributed by atoms with Gasteiger partial charge in [0.15, 0.2) is 0 Å². The van der Waals surface area contributed by atoms with Crippen molar-refractivity contribution in [2.24, 2.45) is 11.8 Å². The number of carbonyl (C=O) groups is 1. The van der Waals surface area contributed by atoms with Crippen LogP contribution in [0.2, 0.25) is 0 Å². The van der Waals surface area contributed by atoms with E-state index in [1.54, 1.807) is 0 Å². The SMILES string of the molecule is CCN1CCN(CC(C)CNC(=O)CCC2CCNCC2)CC1. The molecule has 0 radical (unpaired) electrons. The van der Waals surface area contributed by atoms with E-state index < -0.39 is 0 Å². The zero-order chi connectivity index (χ0) is 16.5. The molecule has 2 N–H and O–H groups in total. The molecule has 0 saturated carbocycles. The number of rotatable bonds is 8. The minimum Gasteiger partial charge on any atom is -0.356 e. The summed E-state index contributed by atoms with van der Waals surface area (Å²) in [6, 6.07) is 0. The zero-order valence-electron chi connectivity index (χ0n) is 15.1. The highest BCUT2D eigenvalue weighted by Crippen LogP contribution is 2.17. The highest BCUT2D eigenvalue weighted by molar-refractivity contribution is 5.75. The first kappa shape index (κ1) is 18.7. The van der Waals surface area contributed by atoms with Crippen molar-refractivity contribution < 1.29 is 4.79 Å². The van der Waals surface area contributed by atoms with Gasteiger partial charge < -0.3 is 20.4 Å². The van der Waals surface area contributed by atoms with Crippen LogP contribution in [-0.2, 0) is 4.79 Å². The Morgan fingerprint density at radius 3 is 2.48 bits per heavy atom. The van der Waals surface area contributed by atoms with Crippen LogP contribution in [-0.4, -0.2) is 74.6 Å². The molecular formula is C18H36N4O. The Morgan fingerprint density at radius 2 is 1.83 bits per heavy atom. The monoisotopic (exact) mass is 324 g/mol. The van der Waals surface area contributed by atoms with Crippen molar-refractivity contribution in [3.05, 3.63) is 0 Å². The highest BCUT2D eigenvalue weighted by Gasteiger charge is 2.18. The van der Waals surface area contributed by atoms with Crippen molar-refractivity contribution in [1.29, 1.82) is 0 Å². The summed E-state index contributed by atoms with van der Waals surface area (Å²) in [5, 5.41) is 6.52. The third-order valence-electron chi connectivity index (χ3n) is 5.37. The van der Waals surface area contributed by atoms with Gasteiger partial charge in [0.25, 0.3) is 0 Å². The van der Waals surface area contributed by atoms with Crippen molar-refractivity contribution in [3.63, 3.8) is 0 Å². The Balaban J connectivity index is 1.53. The molecule has 134 valence electrons. The van der Waals surface area contributed by atoms with Crippen molar-refractivity contribution in [2.45, 2.75) is 39.5 Å².